The summed E-state index contributed by atoms with van der Waals surface area (Å²) < 4.78 is 48.5. The number of nitrogens with one attached hydrogen (secondary N) is 1. The minimum Gasteiger partial charge on any atom is -0.394 e. The molecule has 18 nitrogen and oxygen atoms in total. The molecule has 2 heterocycles. The summed E-state index contributed by atoms with van der Waals surface area (Å²) in [5.41, 5.74) is -1.58. The van der Waals surface area contributed by atoms with Gasteiger partial charge in [0.25, 0.3) is 5.56 Å². The summed E-state index contributed by atoms with van der Waals surface area (Å²) in [6, 6.07) is 0.986. The van der Waals surface area contributed by atoms with E-state index in [1.165, 1.54) is 0 Å². The Labute approximate surface area is 207 Å². The highest BCUT2D eigenvalue weighted by atomic mass is 32.1. The van der Waals surface area contributed by atoms with Crippen molar-refractivity contribution in [3.8, 4) is 0 Å². The molecule has 0 aromatic carbocycles. The smallest absolute Gasteiger partial charge is 0.394 e. The van der Waals surface area contributed by atoms with Crippen LogP contribution in [0.1, 0.15) is 0 Å². The summed E-state index contributed by atoms with van der Waals surface area (Å²) >= 11 is 3.89. The minimum atomic E-state index is -5.52. The monoisotopic (exact) mass is 584 g/mol. The van der Waals surface area contributed by atoms with Crippen molar-refractivity contribution in [2.45, 2.75) is 48.8 Å². The number of hydrogen-bond acceptors (Lipinski definition) is 15. The number of H-pyrrole nitrogens is 1. The molecule has 1 aromatic rings. The van der Waals surface area contributed by atoms with E-state index >= 15 is 0 Å². The molecule has 36 heavy (non-hydrogen) atoms. The van der Waals surface area contributed by atoms with Crippen LogP contribution in [0.25, 0.3) is 0 Å². The van der Waals surface area contributed by atoms with Crippen LogP contribution >= 0.6 is 28.3 Å². The highest BCUT2D eigenvalue weighted by Gasteiger charge is 2.47. The molecule has 0 aliphatic carbocycles. The SMILES string of the molecule is O=c1ccn(CO[C@H](COP(=O)(O)OP(=O)(O)O[C@H]2OC(CO)[C@@H](O)C(S)C2O)C(O)CO)c(=O)[nH]1. The largest absolute Gasteiger partial charge is 0.483 e. The average Bonchev–Trinajstić information content (AvgIpc) is 2.79. The first-order valence-electron chi connectivity index (χ1n) is 9.90. The molecule has 8 N–H and O–H groups in total. The maximum atomic E-state index is 12.2. The molecule has 0 bridgehead atoms. The van der Waals surface area contributed by atoms with Crippen LogP contribution in [0.3, 0.4) is 0 Å². The maximum absolute atomic E-state index is 12.2. The first kappa shape index (κ1) is 31.2. The van der Waals surface area contributed by atoms with Gasteiger partial charge in [-0.25, -0.2) is 13.9 Å². The number of ether oxygens (including phenoxy) is 2. The second-order valence-electron chi connectivity index (χ2n) is 7.28. The van der Waals surface area contributed by atoms with Gasteiger partial charge in [0.1, 0.15) is 31.1 Å². The van der Waals surface area contributed by atoms with Crippen molar-refractivity contribution in [1.82, 2.24) is 9.55 Å². The number of aliphatic hydroxyl groups excluding tert-OH is 5. The van der Waals surface area contributed by atoms with Crippen LogP contribution in [0.2, 0.25) is 0 Å². The average molecular weight is 584 g/mol. The molecule has 1 fully saturated rings. The standard InChI is InChI=1S/C15H26N2O16P2S/c18-3-7(20)9(29-6-17-2-1-10(21)16-15(17)24)5-30-34(25,26)33-35(27,28)32-14-12(23)13(36)11(22)8(4-19)31-14/h1-2,7-9,11-14,18-20,22-23,36H,3-6H2,(H,25,26)(H,27,28)(H,16,21,24)/t7?,8?,9-,11-,12?,13?,14-/m1/s1. The third-order valence-corrected chi connectivity index (χ3v) is 7.85. The molecular formula is C15H26N2O16P2S. The van der Waals surface area contributed by atoms with Gasteiger partial charge in [0.2, 0.25) is 0 Å². The molecule has 2 rings (SSSR count). The van der Waals surface area contributed by atoms with Gasteiger partial charge in [0, 0.05) is 12.3 Å². The lowest BCUT2D eigenvalue weighted by molar-refractivity contribution is -0.241. The highest BCUT2D eigenvalue weighted by Crippen LogP contribution is 2.61. The van der Waals surface area contributed by atoms with Gasteiger partial charge in [-0.2, -0.15) is 16.9 Å². The van der Waals surface area contributed by atoms with Crippen LogP contribution in [-0.2, 0) is 38.7 Å². The Hall–Kier alpha value is -0.990. The lowest BCUT2D eigenvalue weighted by Gasteiger charge is -2.40. The third kappa shape index (κ3) is 8.80. The minimum absolute atomic E-state index is 0.613. The third-order valence-electron chi connectivity index (χ3n) is 4.63. The number of nitrogens with zero attached hydrogens (tertiary/aromatic N) is 1. The second kappa shape index (κ2) is 13.2. The van der Waals surface area contributed by atoms with E-state index in [1.54, 1.807) is 0 Å². The molecule has 1 aliphatic heterocycles. The van der Waals surface area contributed by atoms with Crippen LogP contribution in [0.4, 0.5) is 0 Å². The predicted octanol–water partition coefficient (Wildman–Crippen LogP) is -3.78. The van der Waals surface area contributed by atoms with E-state index in [9.17, 15) is 48.9 Å². The van der Waals surface area contributed by atoms with Gasteiger partial charge in [0.05, 0.1) is 31.2 Å². The second-order valence-corrected chi connectivity index (χ2v) is 10.9. The van der Waals surface area contributed by atoms with Crippen molar-refractivity contribution in [3.05, 3.63) is 33.1 Å². The van der Waals surface area contributed by atoms with Gasteiger partial charge in [0.15, 0.2) is 6.29 Å². The van der Waals surface area contributed by atoms with E-state index in [1.807, 2.05) is 4.98 Å². The number of thiol groups is 1. The van der Waals surface area contributed by atoms with E-state index in [4.69, 9.17) is 14.6 Å². The number of phosphoric acid groups is 2. The summed E-state index contributed by atoms with van der Waals surface area (Å²) in [6.45, 7) is -3.35. The summed E-state index contributed by atoms with van der Waals surface area (Å²) in [7, 11) is -11.0. The quantitative estimate of drug-likeness (QED) is 0.0794. The van der Waals surface area contributed by atoms with Crippen LogP contribution in [0.15, 0.2) is 21.9 Å². The number of aromatic nitrogens is 2. The molecule has 0 spiro atoms. The van der Waals surface area contributed by atoms with E-state index in [2.05, 4.69) is 26.0 Å². The highest BCUT2D eigenvalue weighted by molar-refractivity contribution is 7.81. The molecule has 9 atom stereocenters. The van der Waals surface area contributed by atoms with Gasteiger partial charge >= 0.3 is 21.3 Å². The normalized spacial score (nSPS) is 29.7. The summed E-state index contributed by atoms with van der Waals surface area (Å²) in [5, 5.41) is 46.7. The van der Waals surface area contributed by atoms with Crippen molar-refractivity contribution in [3.63, 3.8) is 0 Å². The topological polar surface area (TPSA) is 277 Å². The number of rotatable bonds is 13. The van der Waals surface area contributed by atoms with Crippen LogP contribution in [0.5, 0.6) is 0 Å². The molecule has 6 unspecified atom stereocenters. The van der Waals surface area contributed by atoms with Gasteiger partial charge in [-0.1, -0.05) is 0 Å². The molecule has 1 aromatic heterocycles. The van der Waals surface area contributed by atoms with Crippen LogP contribution < -0.4 is 11.2 Å². The van der Waals surface area contributed by atoms with Crippen LogP contribution in [-0.4, -0.2) is 107 Å². The lowest BCUT2D eigenvalue weighted by Crippen LogP contribution is -2.56. The Morgan fingerprint density at radius 2 is 1.83 bits per heavy atom. The first-order valence-corrected chi connectivity index (χ1v) is 13.4. The van der Waals surface area contributed by atoms with E-state index in [0.29, 0.717) is 0 Å². The molecule has 21 heteroatoms. The maximum Gasteiger partial charge on any atom is 0.483 e. The van der Waals surface area contributed by atoms with Gasteiger partial charge in [-0.3, -0.25) is 23.4 Å². The zero-order chi connectivity index (χ0) is 27.3. The predicted molar refractivity (Wildman–Crippen MR) is 118 cm³/mol. The Kier molecular flexibility index (Phi) is 11.4. The Morgan fingerprint density at radius 1 is 1.17 bits per heavy atom. The van der Waals surface area contributed by atoms with Crippen molar-refractivity contribution in [2.24, 2.45) is 0 Å². The van der Waals surface area contributed by atoms with Gasteiger partial charge in [-0.15, -0.1) is 0 Å². The molecule has 0 amide bonds. The molecule has 1 saturated heterocycles. The van der Waals surface area contributed by atoms with E-state index in [0.717, 1.165) is 16.8 Å². The van der Waals surface area contributed by atoms with Gasteiger partial charge in [-0.05, 0) is 0 Å². The zero-order valence-electron chi connectivity index (χ0n) is 18.1. The van der Waals surface area contributed by atoms with Crippen molar-refractivity contribution in [2.75, 3.05) is 19.8 Å². The molecule has 0 saturated carbocycles. The molecule has 1 aliphatic rings. The number of hydrogen-bond donors (Lipinski definition) is 9. The Balaban J connectivity index is 2.01. The molecular weight excluding hydrogens is 558 g/mol. The number of aliphatic hydroxyl groups is 5. The summed E-state index contributed by atoms with van der Waals surface area (Å²) in [4.78, 5) is 44.3. The fourth-order valence-corrected chi connectivity index (χ4v) is 5.23. The fraction of sp³-hybridized carbons (Fsp3) is 0.733. The van der Waals surface area contributed by atoms with Crippen LogP contribution in [0, 0.1) is 0 Å². The fourth-order valence-electron chi connectivity index (χ4n) is 2.74. The Bertz CT molecular complexity index is 1070. The number of aromatic amines is 1. The van der Waals surface area contributed by atoms with E-state index < -0.39 is 95.5 Å². The van der Waals surface area contributed by atoms with E-state index in [-0.39, 0.29) is 0 Å². The molecule has 0 radical (unpaired) electrons. The summed E-state index contributed by atoms with van der Waals surface area (Å²) in [6.07, 6.45) is -8.99. The lowest BCUT2D eigenvalue weighted by atomic mass is 10.0. The molecule has 208 valence electrons. The van der Waals surface area contributed by atoms with Crippen molar-refractivity contribution >= 4 is 28.3 Å². The Morgan fingerprint density at radius 3 is 2.42 bits per heavy atom. The summed E-state index contributed by atoms with van der Waals surface area (Å²) in [5.74, 6) is 0. The van der Waals surface area contributed by atoms with Crippen molar-refractivity contribution in [1.29, 1.82) is 0 Å². The first-order chi connectivity index (χ1) is 16.7. The van der Waals surface area contributed by atoms with Gasteiger partial charge < -0.3 is 44.8 Å². The van der Waals surface area contributed by atoms with Crippen molar-refractivity contribution < 1.29 is 67.3 Å². The zero-order valence-corrected chi connectivity index (χ0v) is 20.8. The number of phosphoric ester groups is 2.